The number of carbonyl (C=O) groups excluding carboxylic acids is 3. The topological polar surface area (TPSA) is 75.7 Å². The molecule has 3 aliphatic heterocycles. The van der Waals surface area contributed by atoms with Crippen LogP contribution in [0.2, 0.25) is 0 Å². The molecule has 1 saturated heterocycles. The Hall–Kier alpha value is -4.26. The number of esters is 1. The molecule has 1 N–H and O–H groups in total. The summed E-state index contributed by atoms with van der Waals surface area (Å²) >= 11 is 0. The molecule has 180 valence electrons. The van der Waals surface area contributed by atoms with Crippen LogP contribution in [0.4, 0.5) is 15.8 Å². The van der Waals surface area contributed by atoms with Crippen molar-refractivity contribution in [2.75, 3.05) is 16.8 Å². The number of Topliss-reactive ketones (excluding diaryl/α,β-unsaturated/α-hetero) is 1. The van der Waals surface area contributed by atoms with Gasteiger partial charge in [0.2, 0.25) is 5.91 Å². The fourth-order valence-electron chi connectivity index (χ4n) is 6.11. The average molecular weight is 483 g/mol. The molecular formula is C29H23FN2O4. The van der Waals surface area contributed by atoms with Gasteiger partial charge in [-0.2, -0.15) is 0 Å². The van der Waals surface area contributed by atoms with Gasteiger partial charge in [0.25, 0.3) is 0 Å². The van der Waals surface area contributed by atoms with Crippen molar-refractivity contribution in [3.05, 3.63) is 101 Å². The number of benzene rings is 3. The van der Waals surface area contributed by atoms with Gasteiger partial charge in [-0.1, -0.05) is 48.6 Å². The monoisotopic (exact) mass is 482 g/mol. The van der Waals surface area contributed by atoms with Gasteiger partial charge in [0.1, 0.15) is 17.3 Å². The summed E-state index contributed by atoms with van der Waals surface area (Å²) < 4.78 is 19.2. The van der Waals surface area contributed by atoms with E-state index in [0.717, 1.165) is 11.3 Å². The number of fused-ring (bicyclic) bond motifs is 6. The minimum atomic E-state index is -1.40. The molecule has 1 spiro atoms. The van der Waals surface area contributed by atoms with E-state index in [0.29, 0.717) is 11.3 Å². The highest BCUT2D eigenvalue weighted by Gasteiger charge is 2.70. The number of ether oxygens (including phenoxy) is 1. The average Bonchev–Trinajstić information content (AvgIpc) is 3.37. The maximum absolute atomic E-state index is 14.3. The Balaban J connectivity index is 1.65. The van der Waals surface area contributed by atoms with E-state index < -0.39 is 41.0 Å². The SMILES string of the molecule is CCOC(=O)[C@@H]1[C@H](C(=O)c2ccc(F)cc2)[C@@]2(C(=O)Nc3ccccc32)C2C=Cc3ccccc3N21. The fourth-order valence-corrected chi connectivity index (χ4v) is 6.11. The summed E-state index contributed by atoms with van der Waals surface area (Å²) in [6, 6.07) is 18.3. The first-order valence-electron chi connectivity index (χ1n) is 11.9. The number of hydrogen-bond acceptors (Lipinski definition) is 5. The molecule has 36 heavy (non-hydrogen) atoms. The highest BCUT2D eigenvalue weighted by atomic mass is 19.1. The third kappa shape index (κ3) is 2.92. The van der Waals surface area contributed by atoms with Gasteiger partial charge in [0, 0.05) is 16.9 Å². The number of carbonyl (C=O) groups is 3. The van der Waals surface area contributed by atoms with Crippen LogP contribution in [0.3, 0.4) is 0 Å². The lowest BCUT2D eigenvalue weighted by Gasteiger charge is -2.37. The van der Waals surface area contributed by atoms with Gasteiger partial charge < -0.3 is 15.0 Å². The van der Waals surface area contributed by atoms with Crippen molar-refractivity contribution >= 4 is 35.1 Å². The second kappa shape index (κ2) is 8.16. The molecule has 1 amide bonds. The summed E-state index contributed by atoms with van der Waals surface area (Å²) in [5.74, 6) is -2.95. The summed E-state index contributed by atoms with van der Waals surface area (Å²) in [5, 5.41) is 2.96. The van der Waals surface area contributed by atoms with Crippen molar-refractivity contribution in [3.8, 4) is 0 Å². The fraction of sp³-hybridized carbons (Fsp3) is 0.207. The Labute approximate surface area is 207 Å². The highest BCUT2D eigenvalue weighted by molar-refractivity contribution is 6.16. The summed E-state index contributed by atoms with van der Waals surface area (Å²) in [5.41, 5.74) is 1.71. The zero-order chi connectivity index (χ0) is 25.0. The quantitative estimate of drug-likeness (QED) is 0.442. The molecule has 3 aromatic carbocycles. The van der Waals surface area contributed by atoms with E-state index in [-0.39, 0.29) is 18.1 Å². The van der Waals surface area contributed by atoms with Gasteiger partial charge in [-0.25, -0.2) is 9.18 Å². The minimum Gasteiger partial charge on any atom is -0.464 e. The first-order chi connectivity index (χ1) is 17.5. The van der Waals surface area contributed by atoms with Crippen molar-refractivity contribution in [2.24, 2.45) is 5.92 Å². The number of anilines is 2. The third-order valence-electron chi connectivity index (χ3n) is 7.48. The van der Waals surface area contributed by atoms with Crippen molar-refractivity contribution in [3.63, 3.8) is 0 Å². The predicted molar refractivity (Wildman–Crippen MR) is 133 cm³/mol. The first-order valence-corrected chi connectivity index (χ1v) is 11.9. The molecule has 1 unspecified atom stereocenters. The van der Waals surface area contributed by atoms with E-state index >= 15 is 0 Å². The molecule has 6 rings (SSSR count). The Morgan fingerprint density at radius 2 is 1.75 bits per heavy atom. The molecule has 7 heteroatoms. The summed E-state index contributed by atoms with van der Waals surface area (Å²) in [4.78, 5) is 43.8. The molecule has 0 bridgehead atoms. The third-order valence-corrected chi connectivity index (χ3v) is 7.48. The molecule has 0 radical (unpaired) electrons. The first kappa shape index (κ1) is 22.2. The van der Waals surface area contributed by atoms with Crippen molar-refractivity contribution in [1.29, 1.82) is 0 Å². The lowest BCUT2D eigenvalue weighted by atomic mass is 9.64. The molecule has 3 heterocycles. The zero-order valence-corrected chi connectivity index (χ0v) is 19.5. The largest absolute Gasteiger partial charge is 0.464 e. The predicted octanol–water partition coefficient (Wildman–Crippen LogP) is 4.36. The number of para-hydroxylation sites is 2. The van der Waals surface area contributed by atoms with Gasteiger partial charge in [-0.05, 0) is 54.4 Å². The van der Waals surface area contributed by atoms with Gasteiger partial charge in [-0.3, -0.25) is 9.59 Å². The number of nitrogens with zero attached hydrogens (tertiary/aromatic N) is 1. The summed E-state index contributed by atoms with van der Waals surface area (Å²) in [7, 11) is 0. The number of amides is 1. The van der Waals surface area contributed by atoms with Crippen LogP contribution >= 0.6 is 0 Å². The van der Waals surface area contributed by atoms with E-state index in [2.05, 4.69) is 5.32 Å². The molecule has 4 atom stereocenters. The molecule has 0 aliphatic carbocycles. The summed E-state index contributed by atoms with van der Waals surface area (Å²) in [6.07, 6.45) is 3.83. The lowest BCUT2D eigenvalue weighted by Crippen LogP contribution is -2.51. The molecule has 0 aromatic heterocycles. The van der Waals surface area contributed by atoms with Crippen LogP contribution in [0, 0.1) is 11.7 Å². The molecular weight excluding hydrogens is 459 g/mol. The molecule has 1 fully saturated rings. The number of nitrogens with one attached hydrogen (secondary N) is 1. The van der Waals surface area contributed by atoms with Crippen LogP contribution in [-0.4, -0.2) is 36.4 Å². The van der Waals surface area contributed by atoms with Crippen LogP contribution in [0.15, 0.2) is 78.9 Å². The van der Waals surface area contributed by atoms with Crippen LogP contribution in [0.25, 0.3) is 6.08 Å². The minimum absolute atomic E-state index is 0.124. The van der Waals surface area contributed by atoms with E-state index in [4.69, 9.17) is 4.74 Å². The van der Waals surface area contributed by atoms with Gasteiger partial charge in [-0.15, -0.1) is 0 Å². The van der Waals surface area contributed by atoms with Gasteiger partial charge in [0.15, 0.2) is 5.78 Å². The van der Waals surface area contributed by atoms with E-state index in [1.807, 2.05) is 59.5 Å². The summed E-state index contributed by atoms with van der Waals surface area (Å²) in [6.45, 7) is 1.83. The van der Waals surface area contributed by atoms with E-state index in [9.17, 15) is 18.8 Å². The number of halogens is 1. The Bertz CT molecular complexity index is 1430. The van der Waals surface area contributed by atoms with E-state index in [1.54, 1.807) is 13.0 Å². The van der Waals surface area contributed by atoms with Crippen LogP contribution < -0.4 is 10.2 Å². The Morgan fingerprint density at radius 1 is 1.03 bits per heavy atom. The number of hydrogen-bond donors (Lipinski definition) is 1. The van der Waals surface area contributed by atoms with Crippen LogP contribution in [0.1, 0.15) is 28.4 Å². The highest BCUT2D eigenvalue weighted by Crippen LogP contribution is 2.57. The van der Waals surface area contributed by atoms with Crippen molar-refractivity contribution in [1.82, 2.24) is 0 Å². The maximum atomic E-state index is 14.3. The van der Waals surface area contributed by atoms with Crippen molar-refractivity contribution in [2.45, 2.75) is 24.4 Å². The van der Waals surface area contributed by atoms with Crippen LogP contribution in [0.5, 0.6) is 0 Å². The molecule has 3 aromatic rings. The lowest BCUT2D eigenvalue weighted by molar-refractivity contribution is -0.145. The van der Waals surface area contributed by atoms with Gasteiger partial charge >= 0.3 is 5.97 Å². The number of ketones is 1. The normalized spacial score (nSPS) is 25.2. The van der Waals surface area contributed by atoms with Gasteiger partial charge in [0.05, 0.1) is 18.6 Å². The zero-order valence-electron chi connectivity index (χ0n) is 19.5. The molecule has 6 nitrogen and oxygen atoms in total. The Kier molecular flexibility index (Phi) is 5.03. The Morgan fingerprint density at radius 3 is 2.53 bits per heavy atom. The molecule has 0 saturated carbocycles. The standard InChI is InChI=1S/C29H23FN2O4/c1-2-36-27(34)25-24(26(33)18-11-14-19(30)15-12-18)29(20-8-4-5-9-21(20)31-28(29)35)23-16-13-17-7-3-6-10-22(17)32(23)25/h3-16,23-25H,2H2,1H3,(H,31,35)/t23?,24-,25+,29+/m1/s1. The maximum Gasteiger partial charge on any atom is 0.329 e. The van der Waals surface area contributed by atoms with E-state index in [1.165, 1.54) is 24.3 Å². The molecule has 3 aliphatic rings. The smallest absolute Gasteiger partial charge is 0.329 e. The van der Waals surface area contributed by atoms with Crippen LogP contribution in [-0.2, 0) is 19.7 Å². The van der Waals surface area contributed by atoms with Crippen molar-refractivity contribution < 1.29 is 23.5 Å². The number of rotatable bonds is 4. The second-order valence-corrected chi connectivity index (χ2v) is 9.18. The second-order valence-electron chi connectivity index (χ2n) is 9.18.